The first-order chi connectivity index (χ1) is 10.3. The summed E-state index contributed by atoms with van der Waals surface area (Å²) in [5, 5.41) is 11.2. The van der Waals surface area contributed by atoms with Crippen LogP contribution in [0.2, 0.25) is 0 Å². The Balaban J connectivity index is 2.05. The summed E-state index contributed by atoms with van der Waals surface area (Å²) in [6, 6.07) is 5.17. The topological polar surface area (TPSA) is 78.9 Å². The van der Waals surface area contributed by atoms with Crippen LogP contribution in [0.25, 0.3) is 0 Å². The van der Waals surface area contributed by atoms with Crippen molar-refractivity contribution >= 4 is 17.7 Å². The second-order valence-electron chi connectivity index (χ2n) is 4.75. The molecule has 0 aromatic heterocycles. The van der Waals surface area contributed by atoms with E-state index in [0.717, 1.165) is 11.0 Å². The van der Waals surface area contributed by atoms with Crippen molar-refractivity contribution in [3.8, 4) is 5.75 Å². The summed E-state index contributed by atoms with van der Waals surface area (Å²) in [5.41, 5.74) is -0.112. The zero-order chi connectivity index (χ0) is 16.3. The fourth-order valence-electron chi connectivity index (χ4n) is 2.17. The summed E-state index contributed by atoms with van der Waals surface area (Å²) in [4.78, 5) is 23.9. The Morgan fingerprint density at radius 2 is 2.00 bits per heavy atom. The molecule has 1 aliphatic rings. The van der Waals surface area contributed by atoms with Gasteiger partial charge in [0.15, 0.2) is 5.75 Å². The van der Waals surface area contributed by atoms with Crippen molar-refractivity contribution in [3.63, 3.8) is 0 Å². The minimum absolute atomic E-state index is 0.0173. The molecule has 2 N–H and O–H groups in total. The van der Waals surface area contributed by atoms with Crippen LogP contribution in [-0.4, -0.2) is 41.5 Å². The Kier molecular flexibility index (Phi) is 4.43. The maximum Gasteiger partial charge on any atom is 0.573 e. The van der Waals surface area contributed by atoms with E-state index in [9.17, 15) is 22.8 Å². The molecule has 120 valence electrons. The fourth-order valence-corrected chi connectivity index (χ4v) is 2.17. The van der Waals surface area contributed by atoms with E-state index in [1.807, 2.05) is 0 Å². The summed E-state index contributed by atoms with van der Waals surface area (Å²) in [5.74, 6) is -1.66. The number of rotatable bonds is 3. The monoisotopic (exact) mass is 318 g/mol. The van der Waals surface area contributed by atoms with Gasteiger partial charge in [-0.1, -0.05) is 12.1 Å². The number of likely N-dealkylation sites (tertiary alicyclic amines) is 1. The van der Waals surface area contributed by atoms with Crippen LogP contribution in [0, 0.1) is 5.92 Å². The van der Waals surface area contributed by atoms with Gasteiger partial charge >= 0.3 is 12.5 Å². The molecule has 0 bridgehead atoms. The van der Waals surface area contributed by atoms with Gasteiger partial charge in [0, 0.05) is 13.1 Å². The Labute approximate surface area is 123 Å². The SMILES string of the molecule is O=C(Nc1ccccc1OC(F)(F)F)[C@@H]1CCN(C(=O)O)C1. The van der Waals surface area contributed by atoms with Gasteiger partial charge in [-0.25, -0.2) is 4.79 Å². The molecule has 1 atom stereocenters. The molecule has 22 heavy (non-hydrogen) atoms. The van der Waals surface area contributed by atoms with Crippen LogP contribution < -0.4 is 10.1 Å². The lowest BCUT2D eigenvalue weighted by Gasteiger charge is -2.16. The quantitative estimate of drug-likeness (QED) is 0.897. The Bertz CT molecular complexity index is 577. The number of carboxylic acid groups (broad SMARTS) is 1. The number of carbonyl (C=O) groups excluding carboxylic acids is 1. The molecule has 0 aliphatic carbocycles. The highest BCUT2D eigenvalue weighted by molar-refractivity contribution is 5.94. The summed E-state index contributed by atoms with van der Waals surface area (Å²) in [6.45, 7) is 0.234. The maximum atomic E-state index is 12.3. The Morgan fingerprint density at radius 1 is 1.32 bits per heavy atom. The van der Waals surface area contributed by atoms with Gasteiger partial charge in [-0.3, -0.25) is 4.79 Å². The lowest BCUT2D eigenvalue weighted by molar-refractivity contribution is -0.274. The molecule has 0 unspecified atom stereocenters. The molecule has 2 rings (SSSR count). The second kappa shape index (κ2) is 6.12. The van der Waals surface area contributed by atoms with Crippen LogP contribution >= 0.6 is 0 Å². The first-order valence-corrected chi connectivity index (χ1v) is 6.40. The predicted octanol–water partition coefficient (Wildman–Crippen LogP) is 2.52. The Hall–Kier alpha value is -2.45. The van der Waals surface area contributed by atoms with Gasteiger partial charge in [-0.05, 0) is 18.6 Å². The van der Waals surface area contributed by atoms with E-state index in [4.69, 9.17) is 5.11 Å². The largest absolute Gasteiger partial charge is 0.573 e. The molecule has 0 spiro atoms. The fraction of sp³-hybridized carbons (Fsp3) is 0.385. The van der Waals surface area contributed by atoms with Crippen molar-refractivity contribution in [2.24, 2.45) is 5.92 Å². The van der Waals surface area contributed by atoms with E-state index < -0.39 is 30.0 Å². The number of hydrogen-bond acceptors (Lipinski definition) is 3. The van der Waals surface area contributed by atoms with Gasteiger partial charge in [0.2, 0.25) is 5.91 Å². The van der Waals surface area contributed by atoms with Crippen molar-refractivity contribution in [3.05, 3.63) is 24.3 Å². The first kappa shape index (κ1) is 15.9. The molecule has 0 saturated carbocycles. The van der Waals surface area contributed by atoms with Gasteiger partial charge in [0.05, 0.1) is 11.6 Å². The number of nitrogens with one attached hydrogen (secondary N) is 1. The third kappa shape index (κ3) is 4.03. The molecule has 1 aromatic carbocycles. The van der Waals surface area contributed by atoms with E-state index >= 15 is 0 Å². The van der Waals surface area contributed by atoms with Crippen molar-refractivity contribution in [2.45, 2.75) is 12.8 Å². The molecular formula is C13H13F3N2O4. The number of nitrogens with zero attached hydrogens (tertiary/aromatic N) is 1. The normalized spacial score (nSPS) is 18.1. The number of benzene rings is 1. The van der Waals surface area contributed by atoms with E-state index in [-0.39, 0.29) is 18.8 Å². The average molecular weight is 318 g/mol. The lowest BCUT2D eigenvalue weighted by atomic mass is 10.1. The maximum absolute atomic E-state index is 12.3. The number of carbonyl (C=O) groups is 2. The van der Waals surface area contributed by atoms with Gasteiger partial charge in [0.25, 0.3) is 0 Å². The van der Waals surface area contributed by atoms with E-state index in [1.165, 1.54) is 18.2 Å². The van der Waals surface area contributed by atoms with Crippen LogP contribution in [0.1, 0.15) is 6.42 Å². The minimum atomic E-state index is -4.87. The van der Waals surface area contributed by atoms with E-state index in [2.05, 4.69) is 10.1 Å². The molecule has 1 fully saturated rings. The second-order valence-corrected chi connectivity index (χ2v) is 4.75. The van der Waals surface area contributed by atoms with Crippen LogP contribution in [0.15, 0.2) is 24.3 Å². The predicted molar refractivity (Wildman–Crippen MR) is 69.5 cm³/mol. The molecular weight excluding hydrogens is 305 g/mol. The number of ether oxygens (including phenoxy) is 1. The summed E-state index contributed by atoms with van der Waals surface area (Å²) >= 11 is 0. The van der Waals surface area contributed by atoms with Crippen molar-refractivity contribution in [1.29, 1.82) is 0 Å². The highest BCUT2D eigenvalue weighted by atomic mass is 19.4. The number of hydrogen-bond donors (Lipinski definition) is 2. The zero-order valence-corrected chi connectivity index (χ0v) is 11.3. The summed E-state index contributed by atoms with van der Waals surface area (Å²) in [6.07, 6.45) is -5.68. The van der Waals surface area contributed by atoms with Crippen molar-refractivity contribution < 1.29 is 32.6 Å². The zero-order valence-electron chi connectivity index (χ0n) is 11.3. The summed E-state index contributed by atoms with van der Waals surface area (Å²) in [7, 11) is 0. The summed E-state index contributed by atoms with van der Waals surface area (Å²) < 4.78 is 40.7. The van der Waals surface area contributed by atoms with Crippen molar-refractivity contribution in [1.82, 2.24) is 4.90 Å². The molecule has 1 saturated heterocycles. The highest BCUT2D eigenvalue weighted by Crippen LogP contribution is 2.30. The van der Waals surface area contributed by atoms with Gasteiger partial charge in [-0.15, -0.1) is 13.2 Å². The number of para-hydroxylation sites is 2. The van der Waals surface area contributed by atoms with Crippen LogP contribution in [0.3, 0.4) is 0 Å². The number of alkyl halides is 3. The van der Waals surface area contributed by atoms with Gasteiger partial charge < -0.3 is 20.1 Å². The number of anilines is 1. The van der Waals surface area contributed by atoms with Crippen molar-refractivity contribution in [2.75, 3.05) is 18.4 Å². The van der Waals surface area contributed by atoms with E-state index in [1.54, 1.807) is 0 Å². The minimum Gasteiger partial charge on any atom is -0.465 e. The molecule has 2 amide bonds. The van der Waals surface area contributed by atoms with Crippen LogP contribution in [0.4, 0.5) is 23.7 Å². The molecule has 9 heteroatoms. The number of halogens is 3. The third-order valence-electron chi connectivity index (χ3n) is 3.20. The van der Waals surface area contributed by atoms with Gasteiger partial charge in [0.1, 0.15) is 0 Å². The highest BCUT2D eigenvalue weighted by Gasteiger charge is 2.34. The Morgan fingerprint density at radius 3 is 2.59 bits per heavy atom. The third-order valence-corrected chi connectivity index (χ3v) is 3.20. The van der Waals surface area contributed by atoms with E-state index in [0.29, 0.717) is 6.42 Å². The van der Waals surface area contributed by atoms with Gasteiger partial charge in [-0.2, -0.15) is 0 Å². The average Bonchev–Trinajstić information content (AvgIpc) is 2.89. The standard InChI is InChI=1S/C13H13F3N2O4/c14-13(15,16)22-10-4-2-1-3-9(10)17-11(19)8-5-6-18(7-8)12(20)21/h1-4,8H,5-7H2,(H,17,19)(H,20,21)/t8-/m1/s1. The smallest absolute Gasteiger partial charge is 0.465 e. The van der Waals surface area contributed by atoms with Crippen LogP contribution in [-0.2, 0) is 4.79 Å². The molecule has 1 aliphatic heterocycles. The molecule has 6 nitrogen and oxygen atoms in total. The lowest BCUT2D eigenvalue weighted by Crippen LogP contribution is -2.30. The molecule has 1 heterocycles. The van der Waals surface area contributed by atoms with Crippen LogP contribution in [0.5, 0.6) is 5.75 Å². The first-order valence-electron chi connectivity index (χ1n) is 6.40. The number of amides is 2. The molecule has 0 radical (unpaired) electrons. The molecule has 1 aromatic rings.